The van der Waals surface area contributed by atoms with Crippen LogP contribution in [0.5, 0.6) is 5.75 Å². The molecule has 5 nitrogen and oxygen atoms in total. The molecule has 0 radical (unpaired) electrons. The summed E-state index contributed by atoms with van der Waals surface area (Å²) >= 11 is 3.46. The Hall–Kier alpha value is -3.45. The Morgan fingerprint density at radius 1 is 1.03 bits per heavy atom. The zero-order valence-corrected chi connectivity index (χ0v) is 18.0. The molecule has 156 valence electrons. The molecule has 3 aromatic carbocycles. The molecule has 0 saturated heterocycles. The summed E-state index contributed by atoms with van der Waals surface area (Å²) in [6.07, 6.45) is 3.28. The number of nitrogens with one attached hydrogen (secondary N) is 1. The number of ether oxygens (including phenoxy) is 1. The van der Waals surface area contributed by atoms with E-state index in [-0.39, 0.29) is 11.7 Å². The van der Waals surface area contributed by atoms with Gasteiger partial charge in [-0.15, -0.1) is 0 Å². The molecule has 0 fully saturated rings. The summed E-state index contributed by atoms with van der Waals surface area (Å²) in [6.45, 7) is 0.755. The number of carbonyl (C=O) groups excluding carboxylic acids is 1. The quantitative estimate of drug-likeness (QED) is 0.371. The second kappa shape index (κ2) is 9.57. The molecule has 4 rings (SSSR count). The number of aromatic nitrogens is 2. The molecule has 0 aliphatic heterocycles. The minimum absolute atomic E-state index is 0.243. The van der Waals surface area contributed by atoms with Gasteiger partial charge in [0.25, 0.3) is 5.91 Å². The molecule has 0 aliphatic rings. The summed E-state index contributed by atoms with van der Waals surface area (Å²) in [6, 6.07) is 21.2. The summed E-state index contributed by atoms with van der Waals surface area (Å²) in [4.78, 5) is 12.7. The highest BCUT2D eigenvalue weighted by Gasteiger charge is 2.09. The van der Waals surface area contributed by atoms with Gasteiger partial charge in [-0.1, -0.05) is 36.4 Å². The maximum absolute atomic E-state index is 13.3. The first-order valence-corrected chi connectivity index (χ1v) is 10.4. The average Bonchev–Trinajstić information content (AvgIpc) is 3.20. The Morgan fingerprint density at radius 2 is 1.84 bits per heavy atom. The van der Waals surface area contributed by atoms with E-state index < -0.39 is 0 Å². The van der Waals surface area contributed by atoms with Crippen molar-refractivity contribution in [3.05, 3.63) is 112 Å². The lowest BCUT2D eigenvalue weighted by Gasteiger charge is -2.09. The molecule has 0 atom stereocenters. The van der Waals surface area contributed by atoms with Crippen molar-refractivity contribution < 1.29 is 13.9 Å². The number of para-hydroxylation sites is 1. The molecule has 0 spiro atoms. The Bertz CT molecular complexity index is 1210. The lowest BCUT2D eigenvalue weighted by Crippen LogP contribution is -2.12. The molecule has 31 heavy (non-hydrogen) atoms. The van der Waals surface area contributed by atoms with Crippen molar-refractivity contribution in [1.82, 2.24) is 9.78 Å². The summed E-state index contributed by atoms with van der Waals surface area (Å²) < 4.78 is 21.7. The van der Waals surface area contributed by atoms with E-state index in [2.05, 4.69) is 26.3 Å². The summed E-state index contributed by atoms with van der Waals surface area (Å²) in [5, 5.41) is 7.07. The molecule has 1 heterocycles. The van der Waals surface area contributed by atoms with E-state index in [1.807, 2.05) is 42.5 Å². The summed E-state index contributed by atoms with van der Waals surface area (Å²) in [5.74, 6) is 0.206. The second-order valence-corrected chi connectivity index (χ2v) is 7.78. The van der Waals surface area contributed by atoms with E-state index in [9.17, 15) is 9.18 Å². The zero-order chi connectivity index (χ0) is 21.6. The second-order valence-electron chi connectivity index (χ2n) is 6.93. The normalized spacial score (nSPS) is 10.6. The fourth-order valence-electron chi connectivity index (χ4n) is 3.07. The standard InChI is InChI=1S/C24H19BrFN3O2/c25-22-9-1-2-10-23(22)31-16-18-6-3-7-19(11-18)24(30)28-21-13-27-29(15-21)14-17-5-4-8-20(26)12-17/h1-13,15H,14,16H2,(H,28,30). The van der Waals surface area contributed by atoms with Crippen molar-refractivity contribution in [3.63, 3.8) is 0 Å². The average molecular weight is 480 g/mol. The molecule has 1 amide bonds. The van der Waals surface area contributed by atoms with Crippen molar-refractivity contribution in [3.8, 4) is 5.75 Å². The van der Waals surface area contributed by atoms with E-state index in [0.29, 0.717) is 24.4 Å². The van der Waals surface area contributed by atoms with E-state index in [4.69, 9.17) is 4.74 Å². The van der Waals surface area contributed by atoms with Gasteiger partial charge < -0.3 is 10.1 Å². The maximum atomic E-state index is 13.3. The number of hydrogen-bond acceptors (Lipinski definition) is 3. The van der Waals surface area contributed by atoms with Crippen LogP contribution in [0.4, 0.5) is 10.1 Å². The van der Waals surface area contributed by atoms with Gasteiger partial charge in [0, 0.05) is 11.8 Å². The van der Waals surface area contributed by atoms with Crippen LogP contribution < -0.4 is 10.1 Å². The number of halogens is 2. The third kappa shape index (κ3) is 5.58. The lowest BCUT2D eigenvalue weighted by atomic mass is 10.1. The van der Waals surface area contributed by atoms with Crippen LogP contribution in [0.2, 0.25) is 0 Å². The summed E-state index contributed by atoms with van der Waals surface area (Å²) in [5.41, 5.74) is 2.76. The van der Waals surface area contributed by atoms with Gasteiger partial charge in [-0.05, 0) is 63.5 Å². The van der Waals surface area contributed by atoms with Crippen molar-refractivity contribution in [2.24, 2.45) is 0 Å². The van der Waals surface area contributed by atoms with Crippen LogP contribution >= 0.6 is 15.9 Å². The number of carbonyl (C=O) groups is 1. The Balaban J connectivity index is 1.38. The monoisotopic (exact) mass is 479 g/mol. The fourth-order valence-corrected chi connectivity index (χ4v) is 3.46. The lowest BCUT2D eigenvalue weighted by molar-refractivity contribution is 0.102. The van der Waals surface area contributed by atoms with Crippen LogP contribution in [0.1, 0.15) is 21.5 Å². The van der Waals surface area contributed by atoms with Gasteiger partial charge in [0.2, 0.25) is 0 Å². The van der Waals surface area contributed by atoms with Crippen molar-refractivity contribution in [2.45, 2.75) is 13.2 Å². The first-order chi connectivity index (χ1) is 15.1. The molecule has 1 aromatic heterocycles. The van der Waals surface area contributed by atoms with Crippen LogP contribution in [0.25, 0.3) is 0 Å². The van der Waals surface area contributed by atoms with Crippen molar-refractivity contribution >= 4 is 27.5 Å². The van der Waals surface area contributed by atoms with Gasteiger partial charge in [0.1, 0.15) is 18.2 Å². The van der Waals surface area contributed by atoms with E-state index in [1.54, 1.807) is 35.3 Å². The maximum Gasteiger partial charge on any atom is 0.255 e. The van der Waals surface area contributed by atoms with Gasteiger partial charge in [-0.3, -0.25) is 9.48 Å². The molecule has 1 N–H and O–H groups in total. The van der Waals surface area contributed by atoms with Crippen LogP contribution in [0.15, 0.2) is 89.7 Å². The van der Waals surface area contributed by atoms with Crippen LogP contribution in [-0.4, -0.2) is 15.7 Å². The molecule has 0 unspecified atom stereocenters. The predicted octanol–water partition coefficient (Wildman–Crippen LogP) is 5.66. The highest BCUT2D eigenvalue weighted by molar-refractivity contribution is 9.10. The SMILES string of the molecule is O=C(Nc1cnn(Cc2cccc(F)c2)c1)c1cccc(COc2ccccc2Br)c1. The first kappa shape index (κ1) is 20.8. The summed E-state index contributed by atoms with van der Waals surface area (Å²) in [7, 11) is 0. The number of amides is 1. The van der Waals surface area contributed by atoms with Crippen LogP contribution in [0.3, 0.4) is 0 Å². The van der Waals surface area contributed by atoms with Gasteiger partial charge in [-0.25, -0.2) is 4.39 Å². The number of rotatable bonds is 7. The largest absolute Gasteiger partial charge is 0.488 e. The minimum Gasteiger partial charge on any atom is -0.488 e. The molecule has 4 aromatic rings. The van der Waals surface area contributed by atoms with Gasteiger partial charge in [0.15, 0.2) is 0 Å². The highest BCUT2D eigenvalue weighted by atomic mass is 79.9. The molecule has 0 bridgehead atoms. The predicted molar refractivity (Wildman–Crippen MR) is 121 cm³/mol. The van der Waals surface area contributed by atoms with Crippen molar-refractivity contribution in [2.75, 3.05) is 5.32 Å². The zero-order valence-electron chi connectivity index (χ0n) is 16.5. The van der Waals surface area contributed by atoms with Crippen LogP contribution in [-0.2, 0) is 13.2 Å². The third-order valence-electron chi connectivity index (χ3n) is 4.54. The molecular formula is C24H19BrFN3O2. The van der Waals surface area contributed by atoms with Gasteiger partial charge in [0.05, 0.1) is 22.9 Å². The van der Waals surface area contributed by atoms with E-state index in [0.717, 1.165) is 21.3 Å². The third-order valence-corrected chi connectivity index (χ3v) is 5.20. The van der Waals surface area contributed by atoms with E-state index in [1.165, 1.54) is 12.1 Å². The smallest absolute Gasteiger partial charge is 0.255 e. The fraction of sp³-hybridized carbons (Fsp3) is 0.0833. The number of nitrogens with zero attached hydrogens (tertiary/aromatic N) is 2. The Kier molecular flexibility index (Phi) is 6.43. The Morgan fingerprint density at radius 3 is 2.68 bits per heavy atom. The molecular weight excluding hydrogens is 461 g/mol. The molecule has 7 heteroatoms. The Labute approximate surface area is 187 Å². The van der Waals surface area contributed by atoms with Gasteiger partial charge >= 0.3 is 0 Å². The van der Waals surface area contributed by atoms with Crippen LogP contribution in [0, 0.1) is 5.82 Å². The molecule has 0 saturated carbocycles. The number of hydrogen-bond donors (Lipinski definition) is 1. The topological polar surface area (TPSA) is 56.2 Å². The minimum atomic E-state index is -0.290. The highest BCUT2D eigenvalue weighted by Crippen LogP contribution is 2.24. The van der Waals surface area contributed by atoms with E-state index >= 15 is 0 Å². The van der Waals surface area contributed by atoms with Crippen molar-refractivity contribution in [1.29, 1.82) is 0 Å². The first-order valence-electron chi connectivity index (χ1n) is 9.61. The molecule has 0 aliphatic carbocycles. The van der Waals surface area contributed by atoms with Gasteiger partial charge in [-0.2, -0.15) is 5.10 Å². The number of anilines is 1. The number of benzene rings is 3.